The summed E-state index contributed by atoms with van der Waals surface area (Å²) in [4.78, 5) is 4.14. The van der Waals surface area contributed by atoms with Gasteiger partial charge in [0, 0.05) is 17.7 Å². The molecule has 3 unspecified atom stereocenters. The standard InChI is InChI=1S/C12H17FN2/c1-3-14-12-6-10(8(12)2)11-5-4-9(13)7-15-11/h4-5,7-8,10,12,14H,3,6H2,1-2H3. The van der Waals surface area contributed by atoms with Gasteiger partial charge in [0.1, 0.15) is 5.82 Å². The minimum atomic E-state index is -0.256. The smallest absolute Gasteiger partial charge is 0.141 e. The summed E-state index contributed by atoms with van der Waals surface area (Å²) < 4.78 is 12.7. The molecule has 0 spiro atoms. The van der Waals surface area contributed by atoms with E-state index in [0.29, 0.717) is 17.9 Å². The molecule has 1 aliphatic rings. The molecule has 1 N–H and O–H groups in total. The molecule has 3 atom stereocenters. The molecular formula is C12H17FN2. The number of nitrogens with one attached hydrogen (secondary N) is 1. The molecule has 2 rings (SSSR count). The molecule has 3 heteroatoms. The summed E-state index contributed by atoms with van der Waals surface area (Å²) in [6.07, 6.45) is 2.43. The van der Waals surface area contributed by atoms with Crippen molar-refractivity contribution in [2.45, 2.75) is 32.2 Å². The fourth-order valence-electron chi connectivity index (χ4n) is 2.32. The van der Waals surface area contributed by atoms with Crippen molar-refractivity contribution in [3.05, 3.63) is 29.8 Å². The third-order valence-electron chi connectivity index (χ3n) is 3.37. The monoisotopic (exact) mass is 208 g/mol. The Hall–Kier alpha value is -0.960. The van der Waals surface area contributed by atoms with Gasteiger partial charge in [0.15, 0.2) is 0 Å². The molecule has 0 saturated heterocycles. The molecule has 1 fully saturated rings. The maximum Gasteiger partial charge on any atom is 0.141 e. The lowest BCUT2D eigenvalue weighted by molar-refractivity contribution is 0.183. The first-order chi connectivity index (χ1) is 7.22. The second-order valence-electron chi connectivity index (χ2n) is 4.27. The van der Waals surface area contributed by atoms with Gasteiger partial charge in [-0.05, 0) is 31.0 Å². The van der Waals surface area contributed by atoms with Gasteiger partial charge in [-0.2, -0.15) is 0 Å². The van der Waals surface area contributed by atoms with Gasteiger partial charge in [-0.3, -0.25) is 4.98 Å². The third-order valence-corrected chi connectivity index (χ3v) is 3.37. The topological polar surface area (TPSA) is 24.9 Å². The Labute approximate surface area is 89.9 Å². The largest absolute Gasteiger partial charge is 0.314 e. The number of nitrogens with zero attached hydrogens (tertiary/aromatic N) is 1. The van der Waals surface area contributed by atoms with Crippen LogP contribution in [0.2, 0.25) is 0 Å². The van der Waals surface area contributed by atoms with E-state index in [-0.39, 0.29) is 5.82 Å². The van der Waals surface area contributed by atoms with E-state index in [1.165, 1.54) is 12.3 Å². The summed E-state index contributed by atoms with van der Waals surface area (Å²) in [6, 6.07) is 3.90. The van der Waals surface area contributed by atoms with Crippen LogP contribution in [0, 0.1) is 11.7 Å². The van der Waals surface area contributed by atoms with Crippen LogP contribution < -0.4 is 5.32 Å². The SMILES string of the molecule is CCNC1CC(c2ccc(F)cn2)C1C. The molecule has 0 aliphatic heterocycles. The molecule has 1 saturated carbocycles. The molecule has 1 aromatic rings. The molecule has 1 aromatic heterocycles. The van der Waals surface area contributed by atoms with Crippen molar-refractivity contribution in [1.29, 1.82) is 0 Å². The van der Waals surface area contributed by atoms with Crippen LogP contribution in [0.3, 0.4) is 0 Å². The second-order valence-corrected chi connectivity index (χ2v) is 4.27. The van der Waals surface area contributed by atoms with E-state index in [4.69, 9.17) is 0 Å². The number of rotatable bonds is 3. The Morgan fingerprint density at radius 1 is 1.53 bits per heavy atom. The molecule has 2 nitrogen and oxygen atoms in total. The average Bonchev–Trinajstić information content (AvgIpc) is 2.25. The van der Waals surface area contributed by atoms with Crippen LogP contribution in [0.5, 0.6) is 0 Å². The fraction of sp³-hybridized carbons (Fsp3) is 0.583. The van der Waals surface area contributed by atoms with Crippen molar-refractivity contribution >= 4 is 0 Å². The summed E-state index contributed by atoms with van der Waals surface area (Å²) in [7, 11) is 0. The Morgan fingerprint density at radius 3 is 2.87 bits per heavy atom. The van der Waals surface area contributed by atoms with E-state index >= 15 is 0 Å². The van der Waals surface area contributed by atoms with Crippen LogP contribution in [-0.2, 0) is 0 Å². The van der Waals surface area contributed by atoms with Crippen LogP contribution in [0.15, 0.2) is 18.3 Å². The lowest BCUT2D eigenvalue weighted by Crippen LogP contribution is -2.47. The average molecular weight is 208 g/mol. The highest BCUT2D eigenvalue weighted by molar-refractivity contribution is 5.17. The van der Waals surface area contributed by atoms with Gasteiger partial charge in [-0.25, -0.2) is 4.39 Å². The lowest BCUT2D eigenvalue weighted by Gasteiger charge is -2.43. The third kappa shape index (κ3) is 2.02. The zero-order valence-electron chi connectivity index (χ0n) is 9.20. The molecule has 15 heavy (non-hydrogen) atoms. The molecule has 82 valence electrons. The molecule has 0 amide bonds. The summed E-state index contributed by atoms with van der Waals surface area (Å²) >= 11 is 0. The first-order valence-electron chi connectivity index (χ1n) is 5.57. The minimum Gasteiger partial charge on any atom is -0.314 e. The molecule has 0 aromatic carbocycles. The second kappa shape index (κ2) is 4.27. The zero-order valence-corrected chi connectivity index (χ0v) is 9.20. The van der Waals surface area contributed by atoms with Crippen molar-refractivity contribution in [3.8, 4) is 0 Å². The van der Waals surface area contributed by atoms with Crippen LogP contribution >= 0.6 is 0 Å². The predicted molar refractivity (Wildman–Crippen MR) is 58.2 cm³/mol. The highest BCUT2D eigenvalue weighted by Gasteiger charge is 2.38. The summed E-state index contributed by atoms with van der Waals surface area (Å²) in [5.74, 6) is 0.839. The van der Waals surface area contributed by atoms with E-state index in [1.807, 2.05) is 0 Å². The van der Waals surface area contributed by atoms with E-state index in [2.05, 4.69) is 24.1 Å². The van der Waals surface area contributed by atoms with Gasteiger partial charge >= 0.3 is 0 Å². The van der Waals surface area contributed by atoms with Crippen molar-refractivity contribution in [3.63, 3.8) is 0 Å². The predicted octanol–water partition coefficient (Wildman–Crippen LogP) is 2.32. The van der Waals surface area contributed by atoms with Gasteiger partial charge in [0.05, 0.1) is 6.20 Å². The Kier molecular flexibility index (Phi) is 3.00. The van der Waals surface area contributed by atoms with E-state index in [9.17, 15) is 4.39 Å². The number of hydrogen-bond acceptors (Lipinski definition) is 2. The Bertz CT molecular complexity index is 323. The summed E-state index contributed by atoms with van der Waals surface area (Å²) in [5.41, 5.74) is 1.03. The normalized spacial score (nSPS) is 29.9. The molecular weight excluding hydrogens is 191 g/mol. The van der Waals surface area contributed by atoms with Crippen molar-refractivity contribution < 1.29 is 4.39 Å². The van der Waals surface area contributed by atoms with Crippen molar-refractivity contribution in [1.82, 2.24) is 10.3 Å². The molecule has 0 bridgehead atoms. The maximum absolute atomic E-state index is 12.7. The van der Waals surface area contributed by atoms with Crippen molar-refractivity contribution in [2.75, 3.05) is 6.54 Å². The molecule has 1 heterocycles. The highest BCUT2D eigenvalue weighted by atomic mass is 19.1. The maximum atomic E-state index is 12.7. The van der Waals surface area contributed by atoms with Gasteiger partial charge in [-0.15, -0.1) is 0 Å². The van der Waals surface area contributed by atoms with Crippen LogP contribution in [0.1, 0.15) is 31.9 Å². The summed E-state index contributed by atoms with van der Waals surface area (Å²) in [5, 5.41) is 3.44. The first kappa shape index (κ1) is 10.6. The Balaban J connectivity index is 2.00. The van der Waals surface area contributed by atoms with Gasteiger partial charge in [0.25, 0.3) is 0 Å². The van der Waals surface area contributed by atoms with Crippen LogP contribution in [0.25, 0.3) is 0 Å². The van der Waals surface area contributed by atoms with Crippen LogP contribution in [0.4, 0.5) is 4.39 Å². The minimum absolute atomic E-state index is 0.256. The van der Waals surface area contributed by atoms with Crippen molar-refractivity contribution in [2.24, 2.45) is 5.92 Å². The van der Waals surface area contributed by atoms with E-state index in [1.54, 1.807) is 6.07 Å². The highest BCUT2D eigenvalue weighted by Crippen LogP contribution is 2.41. The van der Waals surface area contributed by atoms with E-state index < -0.39 is 0 Å². The Morgan fingerprint density at radius 2 is 2.33 bits per heavy atom. The van der Waals surface area contributed by atoms with E-state index in [0.717, 1.165) is 18.7 Å². The van der Waals surface area contributed by atoms with Gasteiger partial charge < -0.3 is 5.32 Å². The number of hydrogen-bond donors (Lipinski definition) is 1. The molecule has 1 aliphatic carbocycles. The number of aromatic nitrogens is 1. The number of pyridine rings is 1. The number of halogens is 1. The van der Waals surface area contributed by atoms with Gasteiger partial charge in [-0.1, -0.05) is 13.8 Å². The molecule has 0 radical (unpaired) electrons. The zero-order chi connectivity index (χ0) is 10.8. The van der Waals surface area contributed by atoms with Gasteiger partial charge in [0.2, 0.25) is 0 Å². The fourth-order valence-corrected chi connectivity index (χ4v) is 2.32. The quantitative estimate of drug-likeness (QED) is 0.824. The first-order valence-corrected chi connectivity index (χ1v) is 5.57. The van der Waals surface area contributed by atoms with Crippen LogP contribution in [-0.4, -0.2) is 17.6 Å². The lowest BCUT2D eigenvalue weighted by atomic mass is 9.68. The summed E-state index contributed by atoms with van der Waals surface area (Å²) in [6.45, 7) is 5.36.